The maximum Gasteiger partial charge on any atom is 0.460 e. The molecule has 0 atom stereocenters. The van der Waals surface area contributed by atoms with Gasteiger partial charge >= 0.3 is 42.2 Å². The molecule has 0 saturated carbocycles. The van der Waals surface area contributed by atoms with Crippen LogP contribution in [0.1, 0.15) is 16.7 Å². The van der Waals surface area contributed by atoms with Gasteiger partial charge in [-0.05, 0) is 42.8 Å². The Morgan fingerprint density at radius 2 is 0.979 bits per heavy atom. The summed E-state index contributed by atoms with van der Waals surface area (Å²) in [7, 11) is -11.0. The number of ether oxygens (including phenoxy) is 1. The lowest BCUT2D eigenvalue weighted by Crippen LogP contribution is -2.51. The highest BCUT2D eigenvalue weighted by atomic mass is 32.2. The van der Waals surface area contributed by atoms with Crippen molar-refractivity contribution >= 4 is 20.2 Å². The second kappa shape index (κ2) is 12.7. The molecule has 0 N–H and O–H groups in total. The molecule has 0 radical (unpaired) electrons. The Hall–Kier alpha value is -3.13. The van der Waals surface area contributed by atoms with Crippen molar-refractivity contribution in [1.82, 2.24) is 0 Å². The van der Waals surface area contributed by atoms with Crippen molar-refractivity contribution < 1.29 is 105 Å². The smallest absolute Gasteiger partial charge is 0.460 e. The fourth-order valence-corrected chi connectivity index (χ4v) is 4.19. The monoisotopic (exact) mass is 762 g/mol. The Morgan fingerprint density at radius 3 is 1.28 bits per heavy atom. The van der Waals surface area contributed by atoms with Crippen molar-refractivity contribution in [2.45, 2.75) is 58.9 Å². The van der Waals surface area contributed by atoms with Crippen molar-refractivity contribution in [2.75, 3.05) is 6.61 Å². The van der Waals surface area contributed by atoms with Gasteiger partial charge in [-0.3, -0.25) is 0 Å². The maximum atomic E-state index is 13.7. The molecule has 0 aromatic heterocycles. The molecule has 270 valence electrons. The fraction of sp³-hybridized carbons (Fsp3) is 0.429. The molecule has 0 aliphatic heterocycles. The van der Waals surface area contributed by atoms with E-state index in [4.69, 9.17) is 0 Å². The van der Waals surface area contributed by atoms with Gasteiger partial charge in [-0.2, -0.15) is 74.6 Å². The first-order chi connectivity index (χ1) is 20.4. The third kappa shape index (κ3) is 9.27. The van der Waals surface area contributed by atoms with Gasteiger partial charge in [0.05, 0.1) is 9.79 Å². The minimum atomic E-state index is -7.15. The summed E-state index contributed by atoms with van der Waals surface area (Å²) < 4.78 is 285. The molecular formula is C21H11F17O7S2-2. The molecule has 26 heteroatoms. The van der Waals surface area contributed by atoms with Gasteiger partial charge in [-0.1, -0.05) is 6.07 Å². The highest BCUT2D eigenvalue weighted by molar-refractivity contribution is 7.86. The molecule has 2 aromatic carbocycles. The lowest BCUT2D eigenvalue weighted by atomic mass is 9.95. The molecule has 0 saturated heterocycles. The largest absolute Gasteiger partial charge is 0.744 e. The summed E-state index contributed by atoms with van der Waals surface area (Å²) in [5.74, 6) is -28.0. The Balaban J connectivity index is 0.000000548. The number of halogens is 17. The summed E-state index contributed by atoms with van der Waals surface area (Å²) >= 11 is 0. The first kappa shape index (κ1) is 41.9. The van der Waals surface area contributed by atoms with Gasteiger partial charge in [-0.25, -0.2) is 16.8 Å². The van der Waals surface area contributed by atoms with E-state index in [9.17, 15) is 101 Å². The summed E-state index contributed by atoms with van der Waals surface area (Å²) in [4.78, 5) is -3.08. The normalized spacial score (nSPS) is 14.4. The van der Waals surface area contributed by atoms with Crippen LogP contribution in [0.5, 0.6) is 5.75 Å². The number of rotatable bonds is 8. The van der Waals surface area contributed by atoms with Crippen molar-refractivity contribution in [1.29, 1.82) is 0 Å². The summed E-state index contributed by atoms with van der Waals surface area (Å²) in [5.41, 5.74) is -6.02. The number of benzene rings is 2. The molecule has 47 heavy (non-hydrogen) atoms. The predicted molar refractivity (Wildman–Crippen MR) is 115 cm³/mol. The zero-order valence-corrected chi connectivity index (χ0v) is 23.4. The molecule has 0 aliphatic carbocycles. The molecular weight excluding hydrogens is 751 g/mol. The number of alkyl halides is 17. The Bertz CT molecular complexity index is 1610. The van der Waals surface area contributed by atoms with Crippen molar-refractivity contribution in [3.63, 3.8) is 0 Å². The topological polar surface area (TPSA) is 124 Å². The van der Waals surface area contributed by atoms with Gasteiger partial charge < -0.3 is 13.8 Å². The molecule has 0 aliphatic rings. The average Bonchev–Trinajstić information content (AvgIpc) is 2.85. The van der Waals surface area contributed by atoms with Crippen LogP contribution in [0.4, 0.5) is 74.6 Å². The van der Waals surface area contributed by atoms with Crippen molar-refractivity contribution in [3.8, 4) is 5.75 Å². The molecule has 0 heterocycles. The van der Waals surface area contributed by atoms with E-state index >= 15 is 0 Å². The van der Waals surface area contributed by atoms with Crippen LogP contribution in [0.3, 0.4) is 0 Å². The second-order valence-corrected chi connectivity index (χ2v) is 11.5. The van der Waals surface area contributed by atoms with E-state index in [0.29, 0.717) is 0 Å². The Morgan fingerprint density at radius 1 is 0.596 bits per heavy atom. The van der Waals surface area contributed by atoms with E-state index in [1.807, 2.05) is 0 Å². The van der Waals surface area contributed by atoms with Crippen LogP contribution in [0.2, 0.25) is 0 Å². The number of aryl methyl sites for hydroxylation is 1. The molecule has 2 rings (SSSR count). The lowest BCUT2D eigenvalue weighted by molar-refractivity contribution is -0.361. The second-order valence-electron chi connectivity index (χ2n) is 8.78. The van der Waals surface area contributed by atoms with Crippen molar-refractivity contribution in [2.24, 2.45) is 0 Å². The number of hydrogen-bond donors (Lipinski definition) is 0. The predicted octanol–water partition coefficient (Wildman–Crippen LogP) is 7.01. The summed E-state index contributed by atoms with van der Waals surface area (Å²) in [6.07, 6.45) is -18.8. The molecule has 2 aromatic rings. The van der Waals surface area contributed by atoms with E-state index in [1.165, 1.54) is 13.0 Å². The standard InChI is InChI=1S/C12H4F14O3S.C9H9F3O4S/c13-7(14,9(17,18)11(21,22)23)4-1-5(3-6(2-4)30(27,28)29)8(15,16)10(19,20)12(24,25)26;1-6-2-3-7(16-5-9(10,11)12)4-8(6)17(13,14)15/h1-3H,(H,27,28,29);2-4H,5H2,1H3,(H,13,14,15)/p-2. The molecule has 0 unspecified atom stereocenters. The highest BCUT2D eigenvalue weighted by Gasteiger charge is 2.75. The summed E-state index contributed by atoms with van der Waals surface area (Å²) in [6.45, 7) is -0.188. The average molecular weight is 762 g/mol. The van der Waals surface area contributed by atoms with E-state index in [-0.39, 0.29) is 11.3 Å². The van der Waals surface area contributed by atoms with E-state index < -0.39 is 108 Å². The molecule has 0 amide bonds. The Labute approximate surface area is 250 Å². The minimum absolute atomic E-state index is 0.152. The molecule has 0 bridgehead atoms. The first-order valence-corrected chi connectivity index (χ1v) is 13.8. The van der Waals surface area contributed by atoms with Gasteiger partial charge in [0.2, 0.25) is 0 Å². The minimum Gasteiger partial charge on any atom is -0.744 e. The molecule has 7 nitrogen and oxygen atoms in total. The number of hydrogen-bond acceptors (Lipinski definition) is 7. The van der Waals surface area contributed by atoms with Gasteiger partial charge in [0.25, 0.3) is 0 Å². The van der Waals surface area contributed by atoms with Crippen LogP contribution in [-0.4, -0.2) is 62.9 Å². The summed E-state index contributed by atoms with van der Waals surface area (Å²) in [6, 6.07) is -0.162. The van der Waals surface area contributed by atoms with Crippen LogP contribution in [0.15, 0.2) is 46.2 Å². The Kier molecular flexibility index (Phi) is 11.3. The van der Waals surface area contributed by atoms with Gasteiger partial charge in [-0.15, -0.1) is 0 Å². The highest BCUT2D eigenvalue weighted by Crippen LogP contribution is 2.55. The maximum absolute atomic E-state index is 13.7. The van der Waals surface area contributed by atoms with E-state index in [1.54, 1.807) is 0 Å². The van der Waals surface area contributed by atoms with Gasteiger partial charge in [0.15, 0.2) is 6.61 Å². The zero-order chi connectivity index (χ0) is 37.6. The lowest BCUT2D eigenvalue weighted by Gasteiger charge is -2.31. The SMILES string of the molecule is Cc1ccc(OCC(F)(F)F)cc1S(=O)(=O)[O-].O=S(=O)([O-])c1cc(C(F)(F)C(F)(F)C(F)(F)F)cc(C(F)(F)C(F)(F)C(F)(F)F)c1. The van der Waals surface area contributed by atoms with Crippen molar-refractivity contribution in [3.05, 3.63) is 53.1 Å². The van der Waals surface area contributed by atoms with E-state index in [2.05, 4.69) is 4.74 Å². The van der Waals surface area contributed by atoms with Crippen LogP contribution >= 0.6 is 0 Å². The fourth-order valence-electron chi connectivity index (χ4n) is 2.93. The summed E-state index contributed by atoms with van der Waals surface area (Å²) in [5, 5.41) is 0. The van der Waals surface area contributed by atoms with E-state index in [0.717, 1.165) is 12.1 Å². The molecule has 0 spiro atoms. The van der Waals surface area contributed by atoms with Gasteiger partial charge in [0.1, 0.15) is 26.0 Å². The van der Waals surface area contributed by atoms with Crippen LogP contribution < -0.4 is 4.74 Å². The zero-order valence-electron chi connectivity index (χ0n) is 21.8. The van der Waals surface area contributed by atoms with Crippen LogP contribution in [0.25, 0.3) is 0 Å². The van der Waals surface area contributed by atoms with Crippen LogP contribution in [-0.2, 0) is 32.1 Å². The first-order valence-electron chi connectivity index (χ1n) is 10.9. The molecule has 0 fully saturated rings. The third-order valence-corrected chi connectivity index (χ3v) is 7.04. The quantitative estimate of drug-likeness (QED) is 0.210. The van der Waals surface area contributed by atoms with Gasteiger partial charge in [0, 0.05) is 11.1 Å². The third-order valence-electron chi connectivity index (χ3n) is 5.25. The van der Waals surface area contributed by atoms with Crippen LogP contribution in [0, 0.1) is 6.92 Å².